The van der Waals surface area contributed by atoms with E-state index in [1.165, 1.54) is 0 Å². The average Bonchev–Trinajstić information content (AvgIpc) is 2.73. The van der Waals surface area contributed by atoms with Crippen molar-refractivity contribution in [1.29, 1.82) is 0 Å². The van der Waals surface area contributed by atoms with Crippen LogP contribution in [0.3, 0.4) is 0 Å². The fraction of sp³-hybridized carbons (Fsp3) is 0.217. The van der Waals surface area contributed by atoms with Crippen LogP contribution in [0, 0.1) is 6.92 Å². The highest BCUT2D eigenvalue weighted by molar-refractivity contribution is 9.10. The fourth-order valence-electron chi connectivity index (χ4n) is 3.65. The van der Waals surface area contributed by atoms with Crippen molar-refractivity contribution >= 4 is 15.9 Å². The molecular formula is C23H21BrO4. The Kier molecular flexibility index (Phi) is 5.15. The predicted molar refractivity (Wildman–Crippen MR) is 111 cm³/mol. The maximum Gasteiger partial charge on any atom is 0.161 e. The zero-order valence-electron chi connectivity index (χ0n) is 15.5. The first-order valence-corrected chi connectivity index (χ1v) is 9.91. The second-order valence-corrected chi connectivity index (χ2v) is 7.71. The van der Waals surface area contributed by atoms with Crippen molar-refractivity contribution in [2.45, 2.75) is 19.1 Å². The summed E-state index contributed by atoms with van der Waals surface area (Å²) in [6.07, 6.45) is 0. The van der Waals surface area contributed by atoms with Crippen LogP contribution >= 0.6 is 15.9 Å². The van der Waals surface area contributed by atoms with Gasteiger partial charge in [0.1, 0.15) is 18.8 Å². The van der Waals surface area contributed by atoms with Gasteiger partial charge in [-0.15, -0.1) is 0 Å². The van der Waals surface area contributed by atoms with Crippen molar-refractivity contribution < 1.29 is 19.7 Å². The van der Waals surface area contributed by atoms with Gasteiger partial charge in [-0.1, -0.05) is 58.4 Å². The second kappa shape index (κ2) is 7.59. The van der Waals surface area contributed by atoms with Crippen LogP contribution in [-0.4, -0.2) is 23.4 Å². The molecule has 0 saturated carbocycles. The van der Waals surface area contributed by atoms with Crippen molar-refractivity contribution in [3.8, 4) is 11.5 Å². The van der Waals surface area contributed by atoms with E-state index in [1.54, 1.807) is 0 Å². The standard InChI is InChI=1S/C23H21BrO4/c1-15-4-2-3-5-18(15)23(26,19-8-6-16(14-25)12-20(19)24)17-7-9-21-22(13-17)28-11-10-27-21/h2-9,12-13,25-26H,10-11,14H2,1H3. The molecular weight excluding hydrogens is 420 g/mol. The molecule has 4 rings (SSSR count). The molecule has 0 fully saturated rings. The van der Waals surface area contributed by atoms with Crippen molar-refractivity contribution in [3.63, 3.8) is 0 Å². The molecule has 0 bridgehead atoms. The van der Waals surface area contributed by atoms with Gasteiger partial charge in [0, 0.05) is 10.0 Å². The summed E-state index contributed by atoms with van der Waals surface area (Å²) in [6.45, 7) is 2.91. The number of hydrogen-bond donors (Lipinski definition) is 2. The van der Waals surface area contributed by atoms with Crippen molar-refractivity contribution in [1.82, 2.24) is 0 Å². The van der Waals surface area contributed by atoms with E-state index < -0.39 is 5.60 Å². The number of aliphatic hydroxyl groups excluding tert-OH is 1. The highest BCUT2D eigenvalue weighted by atomic mass is 79.9. The van der Waals surface area contributed by atoms with E-state index >= 15 is 0 Å². The van der Waals surface area contributed by atoms with Gasteiger partial charge in [0.05, 0.1) is 6.61 Å². The smallest absolute Gasteiger partial charge is 0.161 e. The summed E-state index contributed by atoms with van der Waals surface area (Å²) in [5.74, 6) is 1.30. The first-order chi connectivity index (χ1) is 13.5. The Hall–Kier alpha value is -2.34. The Morgan fingerprint density at radius 2 is 1.68 bits per heavy atom. The summed E-state index contributed by atoms with van der Waals surface area (Å²) >= 11 is 3.59. The molecule has 1 aliphatic heterocycles. The molecule has 1 unspecified atom stereocenters. The summed E-state index contributed by atoms with van der Waals surface area (Å²) in [7, 11) is 0. The predicted octanol–water partition coefficient (Wildman–Crippen LogP) is 4.31. The van der Waals surface area contributed by atoms with Crippen LogP contribution in [0.4, 0.5) is 0 Å². The molecule has 4 nitrogen and oxygen atoms in total. The lowest BCUT2D eigenvalue weighted by Gasteiger charge is -2.33. The number of aryl methyl sites for hydroxylation is 1. The van der Waals surface area contributed by atoms with E-state index in [0.717, 1.165) is 21.2 Å². The molecule has 1 atom stereocenters. The molecule has 3 aromatic carbocycles. The van der Waals surface area contributed by atoms with Crippen molar-refractivity contribution in [2.24, 2.45) is 0 Å². The van der Waals surface area contributed by atoms with Crippen molar-refractivity contribution in [3.05, 3.63) is 93.0 Å². The minimum absolute atomic E-state index is 0.0638. The minimum atomic E-state index is -1.41. The molecule has 0 saturated heterocycles. The molecule has 3 aromatic rings. The van der Waals surface area contributed by atoms with Gasteiger partial charge < -0.3 is 19.7 Å². The molecule has 1 aliphatic rings. The zero-order chi connectivity index (χ0) is 19.7. The SMILES string of the molecule is Cc1ccccc1C(O)(c1ccc2c(c1)OCCO2)c1ccc(CO)cc1Br. The van der Waals surface area contributed by atoms with E-state index in [9.17, 15) is 10.2 Å². The van der Waals surface area contributed by atoms with Crippen LogP contribution in [0.2, 0.25) is 0 Å². The Labute approximate surface area is 172 Å². The van der Waals surface area contributed by atoms with Gasteiger partial charge in [0.2, 0.25) is 0 Å². The van der Waals surface area contributed by atoms with E-state index in [2.05, 4.69) is 15.9 Å². The lowest BCUT2D eigenvalue weighted by atomic mass is 9.78. The topological polar surface area (TPSA) is 58.9 Å². The molecule has 0 radical (unpaired) electrons. The third-order valence-corrected chi connectivity index (χ3v) is 5.76. The Morgan fingerprint density at radius 3 is 2.39 bits per heavy atom. The van der Waals surface area contributed by atoms with Gasteiger partial charge >= 0.3 is 0 Å². The third-order valence-electron chi connectivity index (χ3n) is 5.10. The second-order valence-electron chi connectivity index (χ2n) is 6.86. The first kappa shape index (κ1) is 19.0. The van der Waals surface area contributed by atoms with Gasteiger partial charge in [0.25, 0.3) is 0 Å². The Balaban J connectivity index is 1.96. The van der Waals surface area contributed by atoms with Crippen molar-refractivity contribution in [2.75, 3.05) is 13.2 Å². The summed E-state index contributed by atoms with van der Waals surface area (Å²) in [5.41, 5.74) is 2.49. The summed E-state index contributed by atoms with van der Waals surface area (Å²) in [4.78, 5) is 0. The lowest BCUT2D eigenvalue weighted by molar-refractivity contribution is 0.122. The summed E-state index contributed by atoms with van der Waals surface area (Å²) in [5, 5.41) is 21.6. The van der Waals surface area contributed by atoms with E-state index in [1.807, 2.05) is 67.6 Å². The molecule has 0 aromatic heterocycles. The number of ether oxygens (including phenoxy) is 2. The largest absolute Gasteiger partial charge is 0.486 e. The normalized spacial score (nSPS) is 15.1. The molecule has 28 heavy (non-hydrogen) atoms. The number of aliphatic hydroxyl groups is 2. The van der Waals surface area contributed by atoms with Gasteiger partial charge in [-0.05, 0) is 47.4 Å². The van der Waals surface area contributed by atoms with Gasteiger partial charge in [-0.3, -0.25) is 0 Å². The monoisotopic (exact) mass is 440 g/mol. The van der Waals surface area contributed by atoms with E-state index in [-0.39, 0.29) is 6.61 Å². The fourth-order valence-corrected chi connectivity index (χ4v) is 4.37. The molecule has 144 valence electrons. The van der Waals surface area contributed by atoms with Crippen LogP contribution in [0.15, 0.2) is 65.1 Å². The maximum atomic E-state index is 12.2. The summed E-state index contributed by atoms with van der Waals surface area (Å²) in [6, 6.07) is 18.8. The Morgan fingerprint density at radius 1 is 0.929 bits per heavy atom. The van der Waals surface area contributed by atoms with Crippen LogP contribution in [-0.2, 0) is 12.2 Å². The van der Waals surface area contributed by atoms with Crippen LogP contribution in [0.1, 0.15) is 27.8 Å². The minimum Gasteiger partial charge on any atom is -0.486 e. The highest BCUT2D eigenvalue weighted by Gasteiger charge is 2.37. The lowest BCUT2D eigenvalue weighted by Crippen LogP contribution is -2.30. The number of hydrogen-bond acceptors (Lipinski definition) is 4. The molecule has 0 amide bonds. The first-order valence-electron chi connectivity index (χ1n) is 9.12. The molecule has 0 aliphatic carbocycles. The number of benzene rings is 3. The molecule has 0 spiro atoms. The number of halogens is 1. The van der Waals surface area contributed by atoms with Crippen LogP contribution < -0.4 is 9.47 Å². The number of fused-ring (bicyclic) bond motifs is 1. The molecule has 1 heterocycles. The average molecular weight is 441 g/mol. The van der Waals surface area contributed by atoms with Gasteiger partial charge in [-0.2, -0.15) is 0 Å². The maximum absolute atomic E-state index is 12.2. The third kappa shape index (κ3) is 3.20. The van der Waals surface area contributed by atoms with Crippen LogP contribution in [0.25, 0.3) is 0 Å². The number of rotatable bonds is 4. The summed E-state index contributed by atoms with van der Waals surface area (Å²) < 4.78 is 12.1. The van der Waals surface area contributed by atoms with E-state index in [0.29, 0.717) is 35.8 Å². The molecule has 5 heteroatoms. The Bertz CT molecular complexity index is 1020. The molecule has 2 N–H and O–H groups in total. The van der Waals surface area contributed by atoms with Crippen LogP contribution in [0.5, 0.6) is 11.5 Å². The van der Waals surface area contributed by atoms with Gasteiger partial charge in [-0.25, -0.2) is 0 Å². The van der Waals surface area contributed by atoms with Gasteiger partial charge in [0.15, 0.2) is 11.5 Å². The zero-order valence-corrected chi connectivity index (χ0v) is 17.1. The highest BCUT2D eigenvalue weighted by Crippen LogP contribution is 2.44. The quantitative estimate of drug-likeness (QED) is 0.593. The van der Waals surface area contributed by atoms with E-state index in [4.69, 9.17) is 9.47 Å².